The number of carbonyl (C=O) groups is 1. The number of anilines is 1. The number of pyridine rings is 1. The minimum absolute atomic E-state index is 0.0686. The molecule has 0 amide bonds. The number of carboxylic acids is 1. The second-order valence-electron chi connectivity index (χ2n) is 3.21. The van der Waals surface area contributed by atoms with Crippen LogP contribution in [0.2, 0.25) is 5.02 Å². The molecule has 0 aliphatic carbocycles. The van der Waals surface area contributed by atoms with E-state index in [2.05, 4.69) is 10.9 Å². The van der Waals surface area contributed by atoms with Crippen molar-refractivity contribution in [3.63, 3.8) is 0 Å². The van der Waals surface area contributed by atoms with E-state index in [1.165, 1.54) is 12.3 Å². The summed E-state index contributed by atoms with van der Waals surface area (Å²) >= 11 is 5.93. The molecule has 0 atom stereocenters. The fourth-order valence-corrected chi connectivity index (χ4v) is 1.48. The molecule has 0 spiro atoms. The number of terminal acetylenes is 1. The standard InChI is InChI=1S/C11H11ClN2O2/c1-3-4-5-14(2)10-9(12)6-8(7-13-10)11(15)16/h1,6-7H,4-5H2,2H3,(H,15,16). The summed E-state index contributed by atoms with van der Waals surface area (Å²) < 4.78 is 0. The van der Waals surface area contributed by atoms with Gasteiger partial charge in [0.25, 0.3) is 0 Å². The normalized spacial score (nSPS) is 9.56. The van der Waals surface area contributed by atoms with E-state index in [4.69, 9.17) is 23.1 Å². The van der Waals surface area contributed by atoms with E-state index in [1.54, 1.807) is 11.9 Å². The Morgan fingerprint density at radius 1 is 1.75 bits per heavy atom. The van der Waals surface area contributed by atoms with Crippen LogP contribution in [-0.4, -0.2) is 29.7 Å². The summed E-state index contributed by atoms with van der Waals surface area (Å²) in [5, 5.41) is 9.05. The minimum atomic E-state index is -1.05. The third-order valence-corrected chi connectivity index (χ3v) is 2.30. The molecule has 1 aromatic rings. The lowest BCUT2D eigenvalue weighted by Crippen LogP contribution is -2.20. The van der Waals surface area contributed by atoms with Crippen LogP contribution in [0, 0.1) is 12.3 Å². The molecule has 16 heavy (non-hydrogen) atoms. The molecule has 1 rings (SSSR count). The van der Waals surface area contributed by atoms with Crippen molar-refractivity contribution in [3.05, 3.63) is 22.8 Å². The summed E-state index contributed by atoms with van der Waals surface area (Å²) in [6.45, 7) is 0.621. The van der Waals surface area contributed by atoms with Crippen LogP contribution in [0.4, 0.5) is 5.82 Å². The zero-order chi connectivity index (χ0) is 12.1. The fraction of sp³-hybridized carbons (Fsp3) is 0.273. The number of halogens is 1. The predicted octanol–water partition coefficient (Wildman–Crippen LogP) is 1.89. The maximum atomic E-state index is 10.7. The number of carboxylic acid groups (broad SMARTS) is 1. The van der Waals surface area contributed by atoms with E-state index < -0.39 is 5.97 Å². The van der Waals surface area contributed by atoms with E-state index in [0.717, 1.165) is 0 Å². The van der Waals surface area contributed by atoms with Crippen molar-refractivity contribution in [1.29, 1.82) is 0 Å². The number of hydrogen-bond donors (Lipinski definition) is 1. The van der Waals surface area contributed by atoms with Gasteiger partial charge in [0.15, 0.2) is 0 Å². The molecular weight excluding hydrogens is 228 g/mol. The molecule has 1 heterocycles. The summed E-state index contributed by atoms with van der Waals surface area (Å²) in [5.41, 5.74) is 0.0686. The molecule has 1 aromatic heterocycles. The van der Waals surface area contributed by atoms with Crippen molar-refractivity contribution in [2.45, 2.75) is 6.42 Å². The lowest BCUT2D eigenvalue weighted by atomic mass is 10.3. The van der Waals surface area contributed by atoms with E-state index in [-0.39, 0.29) is 5.56 Å². The first-order valence-electron chi connectivity index (χ1n) is 4.59. The maximum Gasteiger partial charge on any atom is 0.337 e. The molecule has 0 aliphatic heterocycles. The molecule has 0 saturated heterocycles. The van der Waals surface area contributed by atoms with Crippen molar-refractivity contribution < 1.29 is 9.90 Å². The molecule has 0 aliphatic rings. The van der Waals surface area contributed by atoms with Crippen LogP contribution < -0.4 is 4.90 Å². The Hall–Kier alpha value is -1.73. The molecule has 0 aromatic carbocycles. The van der Waals surface area contributed by atoms with Gasteiger partial charge in [0.05, 0.1) is 10.6 Å². The Labute approximate surface area is 98.9 Å². The first-order valence-corrected chi connectivity index (χ1v) is 4.97. The molecule has 0 bridgehead atoms. The number of aromatic nitrogens is 1. The summed E-state index contributed by atoms with van der Waals surface area (Å²) in [6, 6.07) is 1.37. The Balaban J connectivity index is 2.91. The van der Waals surface area contributed by atoms with Gasteiger partial charge < -0.3 is 10.0 Å². The van der Waals surface area contributed by atoms with Crippen LogP contribution in [0.15, 0.2) is 12.3 Å². The molecule has 5 heteroatoms. The molecule has 4 nitrogen and oxygen atoms in total. The number of rotatable bonds is 4. The molecule has 0 radical (unpaired) electrons. The zero-order valence-electron chi connectivity index (χ0n) is 8.77. The van der Waals surface area contributed by atoms with Crippen molar-refractivity contribution in [2.75, 3.05) is 18.5 Å². The summed E-state index contributed by atoms with van der Waals surface area (Å²) in [5.74, 6) is 1.99. The lowest BCUT2D eigenvalue weighted by Gasteiger charge is -2.17. The second kappa shape index (κ2) is 5.38. The highest BCUT2D eigenvalue weighted by Gasteiger charge is 2.11. The third kappa shape index (κ3) is 2.88. The van der Waals surface area contributed by atoms with Crippen molar-refractivity contribution in [3.8, 4) is 12.3 Å². The summed E-state index contributed by atoms with van der Waals surface area (Å²) in [7, 11) is 1.80. The van der Waals surface area contributed by atoms with Gasteiger partial charge in [-0.25, -0.2) is 9.78 Å². The van der Waals surface area contributed by atoms with E-state index in [1.807, 2.05) is 0 Å². The Kier molecular flexibility index (Phi) is 4.15. The Morgan fingerprint density at radius 2 is 2.44 bits per heavy atom. The van der Waals surface area contributed by atoms with Crippen molar-refractivity contribution in [1.82, 2.24) is 4.98 Å². The van der Waals surface area contributed by atoms with Crippen molar-refractivity contribution >= 4 is 23.4 Å². The van der Waals surface area contributed by atoms with Gasteiger partial charge in [-0.15, -0.1) is 12.3 Å². The minimum Gasteiger partial charge on any atom is -0.478 e. The quantitative estimate of drug-likeness (QED) is 0.814. The van der Waals surface area contributed by atoms with Crippen molar-refractivity contribution in [2.24, 2.45) is 0 Å². The third-order valence-electron chi connectivity index (χ3n) is 2.02. The van der Waals surface area contributed by atoms with Crippen LogP contribution in [-0.2, 0) is 0 Å². The number of nitrogens with zero attached hydrogens (tertiary/aromatic N) is 2. The fourth-order valence-electron chi connectivity index (χ4n) is 1.17. The second-order valence-corrected chi connectivity index (χ2v) is 3.62. The topological polar surface area (TPSA) is 53.4 Å². The highest BCUT2D eigenvalue weighted by atomic mass is 35.5. The van der Waals surface area contributed by atoms with Gasteiger partial charge in [-0.3, -0.25) is 0 Å². The van der Waals surface area contributed by atoms with Crippen LogP contribution in [0.5, 0.6) is 0 Å². The van der Waals surface area contributed by atoms with Gasteiger partial charge in [0.2, 0.25) is 0 Å². The molecule has 84 valence electrons. The zero-order valence-corrected chi connectivity index (χ0v) is 9.53. The van der Waals surface area contributed by atoms with Crippen LogP contribution in [0.3, 0.4) is 0 Å². The van der Waals surface area contributed by atoms with Gasteiger partial charge in [-0.1, -0.05) is 11.6 Å². The van der Waals surface area contributed by atoms with Gasteiger partial charge in [0.1, 0.15) is 5.82 Å². The first-order chi connectivity index (χ1) is 7.56. The lowest BCUT2D eigenvalue weighted by molar-refractivity contribution is 0.0696. The predicted molar refractivity (Wildman–Crippen MR) is 62.9 cm³/mol. The summed E-state index contributed by atoms with van der Waals surface area (Å²) in [6.07, 6.45) is 7.00. The van der Waals surface area contributed by atoms with Crippen LogP contribution in [0.1, 0.15) is 16.8 Å². The molecule has 0 saturated carbocycles. The van der Waals surface area contributed by atoms with E-state index in [9.17, 15) is 4.79 Å². The van der Waals surface area contributed by atoms with Crippen LogP contribution >= 0.6 is 11.6 Å². The smallest absolute Gasteiger partial charge is 0.337 e. The van der Waals surface area contributed by atoms with Gasteiger partial charge >= 0.3 is 5.97 Å². The SMILES string of the molecule is C#CCCN(C)c1ncc(C(=O)O)cc1Cl. The van der Waals surface area contributed by atoms with Gasteiger partial charge in [0, 0.05) is 26.2 Å². The first kappa shape index (κ1) is 12.3. The molecule has 1 N–H and O–H groups in total. The molecule has 0 fully saturated rings. The van der Waals surface area contributed by atoms with Crippen LogP contribution in [0.25, 0.3) is 0 Å². The maximum absolute atomic E-state index is 10.7. The Morgan fingerprint density at radius 3 is 2.94 bits per heavy atom. The Bertz CT molecular complexity index is 440. The number of aromatic carboxylic acids is 1. The molecule has 0 unspecified atom stereocenters. The highest BCUT2D eigenvalue weighted by Crippen LogP contribution is 2.23. The average Bonchev–Trinajstić information content (AvgIpc) is 2.25. The average molecular weight is 239 g/mol. The van der Waals surface area contributed by atoms with Gasteiger partial charge in [-0.2, -0.15) is 0 Å². The largest absolute Gasteiger partial charge is 0.478 e. The highest BCUT2D eigenvalue weighted by molar-refractivity contribution is 6.33. The molecular formula is C11H11ClN2O2. The number of hydrogen-bond acceptors (Lipinski definition) is 3. The monoisotopic (exact) mass is 238 g/mol. The van der Waals surface area contributed by atoms with Gasteiger partial charge in [-0.05, 0) is 6.07 Å². The summed E-state index contributed by atoms with van der Waals surface area (Å²) in [4.78, 5) is 16.4. The van der Waals surface area contributed by atoms with E-state index >= 15 is 0 Å². The van der Waals surface area contributed by atoms with E-state index in [0.29, 0.717) is 23.8 Å².